The van der Waals surface area contributed by atoms with E-state index >= 15 is 0 Å². The molecule has 5 nitrogen and oxygen atoms in total. The van der Waals surface area contributed by atoms with E-state index in [1.807, 2.05) is 6.92 Å². The third kappa shape index (κ3) is 3.13. The molecule has 2 saturated heterocycles. The number of nitrogens with zero attached hydrogens (tertiary/aromatic N) is 3. The van der Waals surface area contributed by atoms with Gasteiger partial charge in [-0.25, -0.2) is 4.98 Å². The van der Waals surface area contributed by atoms with Crippen LogP contribution in [-0.4, -0.2) is 58.1 Å². The highest BCUT2D eigenvalue weighted by Gasteiger charge is 2.58. The molecule has 0 aromatic carbocycles. The average Bonchev–Trinajstić information content (AvgIpc) is 3.19. The Balaban J connectivity index is 1.47. The third-order valence-corrected chi connectivity index (χ3v) is 7.65. The van der Waals surface area contributed by atoms with Gasteiger partial charge in [0.15, 0.2) is 0 Å². The van der Waals surface area contributed by atoms with Crippen molar-refractivity contribution in [2.45, 2.75) is 58.5 Å². The van der Waals surface area contributed by atoms with Crippen LogP contribution in [-0.2, 0) is 11.3 Å². The Bertz CT molecular complexity index is 655. The van der Waals surface area contributed by atoms with E-state index < -0.39 is 11.4 Å². The summed E-state index contributed by atoms with van der Waals surface area (Å²) in [5.74, 6) is -0.322. The van der Waals surface area contributed by atoms with Gasteiger partial charge < -0.3 is 5.11 Å². The van der Waals surface area contributed by atoms with Gasteiger partial charge in [0.2, 0.25) is 0 Å². The van der Waals surface area contributed by atoms with Crippen molar-refractivity contribution >= 4 is 17.3 Å². The Hall–Kier alpha value is -0.980. The smallest absolute Gasteiger partial charge is 0.312 e. The largest absolute Gasteiger partial charge is 0.481 e. The van der Waals surface area contributed by atoms with Gasteiger partial charge in [-0.2, -0.15) is 0 Å². The van der Waals surface area contributed by atoms with Gasteiger partial charge >= 0.3 is 5.97 Å². The van der Waals surface area contributed by atoms with Crippen LogP contribution in [0.25, 0.3) is 0 Å². The molecule has 0 radical (unpaired) electrons. The second-order valence-corrected chi connectivity index (χ2v) is 9.58. The molecule has 2 aliphatic heterocycles. The zero-order valence-electron chi connectivity index (χ0n) is 15.3. The predicted octanol–water partition coefficient (Wildman–Crippen LogP) is 2.91. The van der Waals surface area contributed by atoms with Crippen molar-refractivity contribution in [3.8, 4) is 0 Å². The summed E-state index contributed by atoms with van der Waals surface area (Å²) in [6, 6.07) is 0.621. The number of aryl methyl sites for hydroxylation is 2. The van der Waals surface area contributed by atoms with Gasteiger partial charge in [-0.3, -0.25) is 14.6 Å². The number of carbonyl (C=O) groups is 1. The number of likely N-dealkylation sites (tertiary alicyclic amines) is 2. The van der Waals surface area contributed by atoms with Crippen LogP contribution in [0.15, 0.2) is 0 Å². The quantitative estimate of drug-likeness (QED) is 0.891. The lowest BCUT2D eigenvalue weighted by atomic mass is 9.81. The standard InChI is InChI=1S/C19H29N3O2S/c1-13-17(25-14(2)20-13)10-21-8-15-9-22(16-6-4-3-5-7-16)12-19(15,11-21)18(23)24/h15-16H,3-12H2,1-2H3,(H,23,24)/t15-,19-/m0/s1. The number of carboxylic acids is 1. The lowest BCUT2D eigenvalue weighted by Gasteiger charge is -2.33. The fourth-order valence-corrected chi connectivity index (χ4v) is 6.26. The van der Waals surface area contributed by atoms with Gasteiger partial charge in [0.25, 0.3) is 0 Å². The molecule has 1 aromatic rings. The summed E-state index contributed by atoms with van der Waals surface area (Å²) < 4.78 is 0. The summed E-state index contributed by atoms with van der Waals surface area (Å²) in [5, 5.41) is 11.2. The van der Waals surface area contributed by atoms with Crippen molar-refractivity contribution in [1.82, 2.24) is 14.8 Å². The van der Waals surface area contributed by atoms with Crippen LogP contribution in [0.4, 0.5) is 0 Å². The van der Waals surface area contributed by atoms with Crippen LogP contribution in [0.5, 0.6) is 0 Å². The first-order chi connectivity index (χ1) is 12.0. The number of aliphatic carboxylic acids is 1. The maximum atomic E-state index is 12.2. The normalized spacial score (nSPS) is 31.5. The molecule has 1 saturated carbocycles. The Morgan fingerprint density at radius 1 is 1.24 bits per heavy atom. The molecule has 1 N–H and O–H groups in total. The second kappa shape index (κ2) is 6.63. The number of hydrogen-bond donors (Lipinski definition) is 1. The third-order valence-electron chi connectivity index (χ3n) is 6.59. The van der Waals surface area contributed by atoms with Crippen LogP contribution >= 0.6 is 11.3 Å². The van der Waals surface area contributed by atoms with E-state index in [0.717, 1.165) is 36.9 Å². The zero-order chi connectivity index (χ0) is 17.6. The molecule has 0 spiro atoms. The van der Waals surface area contributed by atoms with Crippen molar-refractivity contribution < 1.29 is 9.90 Å². The fourth-order valence-electron chi connectivity index (χ4n) is 5.28. The SMILES string of the molecule is Cc1nc(C)c(CN2C[C@H]3CN(C4CCCCC4)C[C@@]3(C(=O)O)C2)s1. The molecule has 6 heteroatoms. The van der Waals surface area contributed by atoms with Crippen molar-refractivity contribution in [2.24, 2.45) is 11.3 Å². The summed E-state index contributed by atoms with van der Waals surface area (Å²) >= 11 is 1.75. The number of aromatic nitrogens is 1. The van der Waals surface area contributed by atoms with Crippen LogP contribution in [0.3, 0.4) is 0 Å². The molecule has 1 aromatic heterocycles. The van der Waals surface area contributed by atoms with E-state index in [-0.39, 0.29) is 5.92 Å². The summed E-state index contributed by atoms with van der Waals surface area (Å²) in [6.45, 7) is 8.27. The summed E-state index contributed by atoms with van der Waals surface area (Å²) in [7, 11) is 0. The first-order valence-corrected chi connectivity index (χ1v) is 10.4. The van der Waals surface area contributed by atoms with Crippen LogP contribution in [0, 0.1) is 25.2 Å². The molecule has 138 valence electrons. The molecule has 25 heavy (non-hydrogen) atoms. The highest BCUT2D eigenvalue weighted by Crippen LogP contribution is 2.45. The number of rotatable bonds is 4. The molecule has 4 rings (SSSR count). The van der Waals surface area contributed by atoms with Gasteiger partial charge in [-0.1, -0.05) is 19.3 Å². The Labute approximate surface area is 154 Å². The minimum atomic E-state index is -0.587. The monoisotopic (exact) mass is 363 g/mol. The molecular formula is C19H29N3O2S. The molecule has 3 aliphatic rings. The number of carboxylic acid groups (broad SMARTS) is 1. The van der Waals surface area contributed by atoms with E-state index in [2.05, 4.69) is 21.7 Å². The first kappa shape index (κ1) is 17.4. The minimum absolute atomic E-state index is 0.265. The molecule has 2 atom stereocenters. The highest BCUT2D eigenvalue weighted by molar-refractivity contribution is 7.11. The van der Waals surface area contributed by atoms with Gasteiger partial charge in [-0.15, -0.1) is 11.3 Å². The zero-order valence-corrected chi connectivity index (χ0v) is 16.1. The van der Waals surface area contributed by atoms with E-state index in [9.17, 15) is 9.90 Å². The number of thiazole rings is 1. The van der Waals surface area contributed by atoms with Crippen molar-refractivity contribution in [3.05, 3.63) is 15.6 Å². The minimum Gasteiger partial charge on any atom is -0.481 e. The average molecular weight is 364 g/mol. The van der Waals surface area contributed by atoms with Gasteiger partial charge in [0.05, 0.1) is 16.1 Å². The van der Waals surface area contributed by atoms with E-state index in [1.165, 1.54) is 37.0 Å². The van der Waals surface area contributed by atoms with Gasteiger partial charge in [0.1, 0.15) is 0 Å². The molecular weight excluding hydrogens is 334 g/mol. The maximum Gasteiger partial charge on any atom is 0.312 e. The highest BCUT2D eigenvalue weighted by atomic mass is 32.1. The predicted molar refractivity (Wildman–Crippen MR) is 98.9 cm³/mol. The Morgan fingerprint density at radius 3 is 2.60 bits per heavy atom. The number of fused-ring (bicyclic) bond motifs is 1. The number of hydrogen-bond acceptors (Lipinski definition) is 5. The molecule has 0 unspecified atom stereocenters. The van der Waals surface area contributed by atoms with Crippen molar-refractivity contribution in [2.75, 3.05) is 26.2 Å². The van der Waals surface area contributed by atoms with E-state index in [1.54, 1.807) is 11.3 Å². The fraction of sp³-hybridized carbons (Fsp3) is 0.789. The van der Waals surface area contributed by atoms with E-state index in [0.29, 0.717) is 12.6 Å². The molecule has 3 heterocycles. The lowest BCUT2D eigenvalue weighted by Crippen LogP contribution is -2.43. The molecule has 3 fully saturated rings. The summed E-state index contributed by atoms with van der Waals surface area (Å²) in [4.78, 5) is 22.9. The van der Waals surface area contributed by atoms with Gasteiger partial charge in [-0.05, 0) is 26.7 Å². The van der Waals surface area contributed by atoms with Crippen molar-refractivity contribution in [1.29, 1.82) is 0 Å². The van der Waals surface area contributed by atoms with Crippen LogP contribution in [0.1, 0.15) is 47.7 Å². The summed E-state index contributed by atoms with van der Waals surface area (Å²) in [5.41, 5.74) is 0.540. The topological polar surface area (TPSA) is 56.7 Å². The Kier molecular flexibility index (Phi) is 4.63. The second-order valence-electron chi connectivity index (χ2n) is 8.29. The van der Waals surface area contributed by atoms with Gasteiger partial charge in [0, 0.05) is 49.6 Å². The van der Waals surface area contributed by atoms with Crippen LogP contribution in [0.2, 0.25) is 0 Å². The molecule has 1 aliphatic carbocycles. The van der Waals surface area contributed by atoms with Crippen LogP contribution < -0.4 is 0 Å². The van der Waals surface area contributed by atoms with E-state index in [4.69, 9.17) is 0 Å². The Morgan fingerprint density at radius 2 is 2.00 bits per heavy atom. The molecule has 0 bridgehead atoms. The molecule has 0 amide bonds. The lowest BCUT2D eigenvalue weighted by molar-refractivity contribution is -0.149. The van der Waals surface area contributed by atoms with Crippen molar-refractivity contribution in [3.63, 3.8) is 0 Å². The first-order valence-electron chi connectivity index (χ1n) is 9.60. The summed E-state index contributed by atoms with van der Waals surface area (Å²) in [6.07, 6.45) is 6.47. The maximum absolute atomic E-state index is 12.2.